The lowest BCUT2D eigenvalue weighted by atomic mass is 9.98. The van der Waals surface area contributed by atoms with E-state index >= 15 is 0 Å². The monoisotopic (exact) mass is 402 g/mol. The first-order valence-corrected chi connectivity index (χ1v) is 9.49. The summed E-state index contributed by atoms with van der Waals surface area (Å²) in [5, 5.41) is 0. The Balaban J connectivity index is 1.99. The van der Waals surface area contributed by atoms with E-state index in [9.17, 15) is 18.0 Å². The van der Waals surface area contributed by atoms with Crippen LogP contribution in [0, 0.1) is 17.5 Å². The molecule has 2 nitrogen and oxygen atoms in total. The second-order valence-corrected chi connectivity index (χ2v) is 7.08. The van der Waals surface area contributed by atoms with Crippen molar-refractivity contribution in [2.75, 3.05) is 7.11 Å². The van der Waals surface area contributed by atoms with E-state index in [1.807, 2.05) is 30.3 Å². The zero-order chi connectivity index (χ0) is 20.1. The second-order valence-electron chi connectivity index (χ2n) is 6.06. The molecule has 0 aliphatic heterocycles. The van der Waals surface area contributed by atoms with E-state index in [0.29, 0.717) is 5.75 Å². The van der Waals surface area contributed by atoms with Crippen molar-refractivity contribution in [3.05, 3.63) is 100 Å². The third-order valence-corrected chi connectivity index (χ3v) is 5.33. The van der Waals surface area contributed by atoms with E-state index in [-0.39, 0.29) is 28.0 Å². The molecule has 3 aromatic rings. The van der Waals surface area contributed by atoms with Crippen molar-refractivity contribution in [3.8, 4) is 0 Å². The molecule has 0 saturated carbocycles. The number of carbonyl (C=O) groups excluding carboxylic acids is 1. The first-order chi connectivity index (χ1) is 13.5. The van der Waals surface area contributed by atoms with Crippen LogP contribution in [0.5, 0.6) is 0 Å². The summed E-state index contributed by atoms with van der Waals surface area (Å²) in [7, 11) is 1.16. The van der Waals surface area contributed by atoms with Gasteiger partial charge in [-0.25, -0.2) is 18.0 Å². The molecule has 0 aliphatic carbocycles. The molecule has 28 heavy (non-hydrogen) atoms. The molecule has 0 saturated heterocycles. The van der Waals surface area contributed by atoms with Gasteiger partial charge in [-0.05, 0) is 23.3 Å². The third-order valence-electron chi connectivity index (χ3n) is 4.24. The van der Waals surface area contributed by atoms with Crippen molar-refractivity contribution in [1.29, 1.82) is 0 Å². The fourth-order valence-electron chi connectivity index (χ4n) is 2.78. The molecule has 0 heterocycles. The second kappa shape index (κ2) is 8.97. The van der Waals surface area contributed by atoms with Crippen LogP contribution in [0.1, 0.15) is 27.0 Å². The summed E-state index contributed by atoms with van der Waals surface area (Å²) in [5.41, 5.74) is 0.761. The number of hydrogen-bond acceptors (Lipinski definition) is 3. The molecule has 3 rings (SSSR count). The lowest BCUT2D eigenvalue weighted by molar-refractivity contribution is 0.0598. The number of rotatable bonds is 6. The number of esters is 1. The van der Waals surface area contributed by atoms with Gasteiger partial charge in [0.15, 0.2) is 11.6 Å². The van der Waals surface area contributed by atoms with Crippen molar-refractivity contribution in [1.82, 2.24) is 0 Å². The Labute approximate surface area is 165 Å². The van der Waals surface area contributed by atoms with Crippen molar-refractivity contribution in [2.24, 2.45) is 0 Å². The van der Waals surface area contributed by atoms with Gasteiger partial charge >= 0.3 is 5.97 Å². The van der Waals surface area contributed by atoms with E-state index in [1.165, 1.54) is 24.3 Å². The Bertz CT molecular complexity index is 991. The van der Waals surface area contributed by atoms with Gasteiger partial charge in [0.25, 0.3) is 0 Å². The number of halogens is 3. The number of thioether (sulfide) groups is 1. The van der Waals surface area contributed by atoms with Crippen LogP contribution < -0.4 is 0 Å². The summed E-state index contributed by atoms with van der Waals surface area (Å²) >= 11 is 1.08. The van der Waals surface area contributed by atoms with Crippen molar-refractivity contribution < 1.29 is 22.7 Å². The number of benzene rings is 3. The Morgan fingerprint density at radius 1 is 0.964 bits per heavy atom. The molecule has 0 atom stereocenters. The SMILES string of the molecule is COC(=O)c1cc(SCc2ccccc2)c(F)c(F)c1Cc1ccccc1F. The Hall–Kier alpha value is -2.73. The lowest BCUT2D eigenvalue weighted by Gasteiger charge is -2.14. The average molecular weight is 402 g/mol. The highest BCUT2D eigenvalue weighted by Crippen LogP contribution is 2.32. The van der Waals surface area contributed by atoms with Crippen molar-refractivity contribution >= 4 is 17.7 Å². The number of hydrogen-bond donors (Lipinski definition) is 0. The van der Waals surface area contributed by atoms with Crippen LogP contribution in [0.2, 0.25) is 0 Å². The van der Waals surface area contributed by atoms with Crippen LogP contribution in [0.3, 0.4) is 0 Å². The van der Waals surface area contributed by atoms with Gasteiger partial charge in [0.2, 0.25) is 0 Å². The summed E-state index contributed by atoms with van der Waals surface area (Å²) in [6.07, 6.45) is -0.260. The molecular weight excluding hydrogens is 385 g/mol. The maximum atomic E-state index is 14.8. The quantitative estimate of drug-likeness (QED) is 0.387. The van der Waals surface area contributed by atoms with E-state index in [0.717, 1.165) is 24.4 Å². The van der Waals surface area contributed by atoms with Gasteiger partial charge < -0.3 is 4.74 Å². The average Bonchev–Trinajstić information content (AvgIpc) is 2.72. The normalized spacial score (nSPS) is 10.7. The molecule has 6 heteroatoms. The molecule has 0 aliphatic rings. The minimum Gasteiger partial charge on any atom is -0.465 e. The molecule has 0 aromatic heterocycles. The summed E-state index contributed by atoms with van der Waals surface area (Å²) in [6, 6.07) is 16.4. The van der Waals surface area contributed by atoms with Crippen LogP contribution in [-0.2, 0) is 16.9 Å². The zero-order valence-electron chi connectivity index (χ0n) is 15.0. The fraction of sp³-hybridized carbons (Fsp3) is 0.136. The predicted molar refractivity (Wildman–Crippen MR) is 103 cm³/mol. The number of ether oxygens (including phenoxy) is 1. The van der Waals surface area contributed by atoms with E-state index < -0.39 is 23.4 Å². The molecule has 0 fully saturated rings. The zero-order valence-corrected chi connectivity index (χ0v) is 15.9. The first kappa shape index (κ1) is 20.0. The Morgan fingerprint density at radius 3 is 2.32 bits per heavy atom. The molecule has 3 aromatic carbocycles. The standard InChI is InChI=1S/C22H17F3O2S/c1-27-22(26)17-12-19(28-13-14-7-3-2-4-8-14)21(25)20(24)16(17)11-15-9-5-6-10-18(15)23/h2-10,12H,11,13H2,1H3. The van der Waals surface area contributed by atoms with Crippen LogP contribution in [0.25, 0.3) is 0 Å². The Kier molecular flexibility index (Phi) is 6.41. The summed E-state index contributed by atoms with van der Waals surface area (Å²) < 4.78 is 48.2. The fourth-order valence-corrected chi connectivity index (χ4v) is 3.71. The first-order valence-electron chi connectivity index (χ1n) is 8.50. The topological polar surface area (TPSA) is 26.3 Å². The molecule has 0 spiro atoms. The van der Waals surface area contributed by atoms with Crippen molar-refractivity contribution in [2.45, 2.75) is 17.1 Å². The smallest absolute Gasteiger partial charge is 0.338 e. The molecule has 0 unspecified atom stereocenters. The highest BCUT2D eigenvalue weighted by atomic mass is 32.2. The molecule has 144 valence electrons. The molecule has 0 N–H and O–H groups in total. The summed E-state index contributed by atoms with van der Waals surface area (Å²) in [5.74, 6) is -3.17. The molecule has 0 radical (unpaired) electrons. The Morgan fingerprint density at radius 2 is 1.64 bits per heavy atom. The van der Waals surface area contributed by atoms with Gasteiger partial charge in [0, 0.05) is 22.6 Å². The number of carbonyl (C=O) groups is 1. The van der Waals surface area contributed by atoms with E-state index in [1.54, 1.807) is 6.07 Å². The molecule has 0 bridgehead atoms. The van der Waals surface area contributed by atoms with E-state index in [4.69, 9.17) is 4.74 Å². The maximum Gasteiger partial charge on any atom is 0.338 e. The van der Waals surface area contributed by atoms with Crippen molar-refractivity contribution in [3.63, 3.8) is 0 Å². The highest BCUT2D eigenvalue weighted by molar-refractivity contribution is 7.98. The van der Waals surface area contributed by atoms with Crippen LogP contribution in [-0.4, -0.2) is 13.1 Å². The van der Waals surface area contributed by atoms with Gasteiger partial charge in [0.1, 0.15) is 5.82 Å². The third kappa shape index (κ3) is 4.39. The van der Waals surface area contributed by atoms with Gasteiger partial charge in [-0.15, -0.1) is 11.8 Å². The van der Waals surface area contributed by atoms with Gasteiger partial charge in [-0.1, -0.05) is 48.5 Å². The van der Waals surface area contributed by atoms with Gasteiger partial charge in [0.05, 0.1) is 12.7 Å². The van der Waals surface area contributed by atoms with E-state index in [2.05, 4.69) is 0 Å². The molecule has 0 amide bonds. The molecular formula is C22H17F3O2S. The van der Waals surface area contributed by atoms with Crippen LogP contribution in [0.15, 0.2) is 65.6 Å². The minimum atomic E-state index is -1.17. The summed E-state index contributed by atoms with van der Waals surface area (Å²) in [6.45, 7) is 0. The largest absolute Gasteiger partial charge is 0.465 e. The minimum absolute atomic E-state index is 0.000892. The summed E-state index contributed by atoms with van der Waals surface area (Å²) in [4.78, 5) is 12.2. The number of methoxy groups -OCH3 is 1. The maximum absolute atomic E-state index is 14.8. The predicted octanol–water partition coefficient (Wildman–Crippen LogP) is 5.77. The van der Waals surface area contributed by atoms with Crippen LogP contribution in [0.4, 0.5) is 13.2 Å². The van der Waals surface area contributed by atoms with Gasteiger partial charge in [-0.3, -0.25) is 0 Å². The highest BCUT2D eigenvalue weighted by Gasteiger charge is 2.24. The van der Waals surface area contributed by atoms with Gasteiger partial charge in [-0.2, -0.15) is 0 Å². The lowest BCUT2D eigenvalue weighted by Crippen LogP contribution is -2.11. The van der Waals surface area contributed by atoms with Crippen LogP contribution >= 0.6 is 11.8 Å².